The van der Waals surface area contributed by atoms with E-state index in [-0.39, 0.29) is 11.3 Å². The lowest BCUT2D eigenvalue weighted by atomic mass is 10.7. The number of nitrogens with one attached hydrogen (secondary N) is 3. The van der Waals surface area contributed by atoms with Gasteiger partial charge in [0.2, 0.25) is 5.96 Å². The Morgan fingerprint density at radius 3 is 2.56 bits per heavy atom. The molecule has 1 radical (unpaired) electrons. The first-order valence-corrected chi connectivity index (χ1v) is 2.23. The molecular weight excluding hydrogens is 124 g/mol. The van der Waals surface area contributed by atoms with E-state index >= 15 is 0 Å². The van der Waals surface area contributed by atoms with E-state index in [4.69, 9.17) is 15.8 Å². The molecule has 0 saturated carbocycles. The average Bonchev–Trinajstić information content (AvgIpc) is 1.63. The molecule has 0 amide bonds. The van der Waals surface area contributed by atoms with Crippen LogP contribution in [-0.4, -0.2) is 28.3 Å². The largest absolute Gasteiger partial charge is 0.355 e. The first-order valence-electron chi connectivity index (χ1n) is 2.23. The Bertz CT molecular complexity index is 93.8. The van der Waals surface area contributed by atoms with Crippen molar-refractivity contribution in [3.05, 3.63) is 6.92 Å². The second-order valence-electron chi connectivity index (χ2n) is 1.20. The number of guanidine groups is 1. The van der Waals surface area contributed by atoms with E-state index in [2.05, 4.69) is 12.2 Å². The Hall–Kier alpha value is -0.850. The van der Waals surface area contributed by atoms with Gasteiger partial charge in [0.1, 0.15) is 0 Å². The minimum Gasteiger partial charge on any atom is -0.355 e. The van der Waals surface area contributed by atoms with Gasteiger partial charge >= 0.3 is 0 Å². The topological polar surface area (TPSA) is 91.6 Å². The SMILES string of the molecule is [CH2]CNC(=N)NN(O)O. The highest BCUT2D eigenvalue weighted by molar-refractivity contribution is 5.75. The molecule has 0 aliphatic heterocycles. The molecule has 0 atom stereocenters. The van der Waals surface area contributed by atoms with Crippen molar-refractivity contribution in [3.8, 4) is 0 Å². The van der Waals surface area contributed by atoms with Crippen LogP contribution in [0.3, 0.4) is 0 Å². The smallest absolute Gasteiger partial charge is 0.206 e. The molecule has 0 fully saturated rings. The number of hydrazine groups is 1. The van der Waals surface area contributed by atoms with Gasteiger partial charge in [-0.15, -0.1) is 0 Å². The standard InChI is InChI=1S/C3H9N4O2/c1-2-5-3(4)6-7(8)9/h8-9H,1-2H2,(H3,4,5,6). The van der Waals surface area contributed by atoms with Crippen LogP contribution < -0.4 is 10.7 Å². The van der Waals surface area contributed by atoms with E-state index in [9.17, 15) is 0 Å². The van der Waals surface area contributed by atoms with Crippen LogP contribution in [0.15, 0.2) is 0 Å². The number of rotatable bonds is 2. The van der Waals surface area contributed by atoms with Crippen molar-refractivity contribution >= 4 is 5.96 Å². The third-order valence-electron chi connectivity index (χ3n) is 0.514. The summed E-state index contributed by atoms with van der Waals surface area (Å²) in [5, 5.41) is 24.9. The summed E-state index contributed by atoms with van der Waals surface area (Å²) in [7, 11) is 0. The monoisotopic (exact) mass is 133 g/mol. The lowest BCUT2D eigenvalue weighted by molar-refractivity contribution is -0.329. The fraction of sp³-hybridized carbons (Fsp3) is 0.333. The van der Waals surface area contributed by atoms with Gasteiger partial charge in [0.25, 0.3) is 0 Å². The molecule has 9 heavy (non-hydrogen) atoms. The molecule has 0 aliphatic carbocycles. The van der Waals surface area contributed by atoms with Crippen molar-refractivity contribution in [2.45, 2.75) is 0 Å². The summed E-state index contributed by atoms with van der Waals surface area (Å²) in [4.78, 5) is 0. The molecule has 0 unspecified atom stereocenters. The first-order chi connectivity index (χ1) is 4.16. The fourth-order valence-corrected chi connectivity index (χ4v) is 0.265. The summed E-state index contributed by atoms with van der Waals surface area (Å²) < 4.78 is 0. The molecule has 53 valence electrons. The normalized spacial score (nSPS) is 9.33. The second-order valence-corrected chi connectivity index (χ2v) is 1.20. The van der Waals surface area contributed by atoms with Gasteiger partial charge in [0, 0.05) is 11.9 Å². The number of nitrogens with zero attached hydrogens (tertiary/aromatic N) is 1. The molecular formula is C3H9N4O2. The van der Waals surface area contributed by atoms with E-state index in [1.807, 2.05) is 5.43 Å². The zero-order valence-electron chi connectivity index (χ0n) is 4.76. The Labute approximate surface area is 52.5 Å². The summed E-state index contributed by atoms with van der Waals surface area (Å²) in [6.07, 6.45) is 0. The van der Waals surface area contributed by atoms with Gasteiger partial charge in [0.15, 0.2) is 0 Å². The Morgan fingerprint density at radius 2 is 2.22 bits per heavy atom. The minimum absolute atomic E-state index is 0.227. The van der Waals surface area contributed by atoms with Gasteiger partial charge in [-0.3, -0.25) is 15.8 Å². The first kappa shape index (κ1) is 8.15. The van der Waals surface area contributed by atoms with Crippen molar-refractivity contribution in [2.75, 3.05) is 6.54 Å². The number of hydrogen-bond acceptors (Lipinski definition) is 4. The van der Waals surface area contributed by atoms with Gasteiger partial charge in [-0.2, -0.15) is 0 Å². The van der Waals surface area contributed by atoms with E-state index < -0.39 is 0 Å². The quantitative estimate of drug-likeness (QED) is 0.188. The zero-order valence-corrected chi connectivity index (χ0v) is 4.76. The van der Waals surface area contributed by atoms with Crippen molar-refractivity contribution in [1.29, 1.82) is 5.41 Å². The summed E-state index contributed by atoms with van der Waals surface area (Å²) in [6, 6.07) is 0. The summed E-state index contributed by atoms with van der Waals surface area (Å²) >= 11 is 0. The maximum Gasteiger partial charge on any atom is 0.206 e. The Kier molecular flexibility index (Phi) is 3.69. The van der Waals surface area contributed by atoms with Crippen LogP contribution in [0.4, 0.5) is 0 Å². The molecule has 0 saturated heterocycles. The molecule has 6 heteroatoms. The summed E-state index contributed by atoms with van der Waals surface area (Å²) in [5.41, 5.74) is 1.82. The minimum atomic E-state index is -0.314. The van der Waals surface area contributed by atoms with Crippen LogP contribution in [0, 0.1) is 12.3 Å². The fourth-order valence-electron chi connectivity index (χ4n) is 0.265. The van der Waals surface area contributed by atoms with Crippen LogP contribution in [0.25, 0.3) is 0 Å². The average molecular weight is 133 g/mol. The predicted octanol–water partition coefficient (Wildman–Crippen LogP) is -1.07. The van der Waals surface area contributed by atoms with Gasteiger partial charge in [-0.05, 0) is 6.92 Å². The molecule has 0 heterocycles. The van der Waals surface area contributed by atoms with Crippen LogP contribution in [0.1, 0.15) is 0 Å². The van der Waals surface area contributed by atoms with Crippen LogP contribution in [0.2, 0.25) is 0 Å². The Morgan fingerprint density at radius 1 is 1.67 bits per heavy atom. The highest BCUT2D eigenvalue weighted by Gasteiger charge is 1.93. The van der Waals surface area contributed by atoms with E-state index in [0.29, 0.717) is 6.54 Å². The predicted molar refractivity (Wildman–Crippen MR) is 29.6 cm³/mol. The third kappa shape index (κ3) is 5.01. The van der Waals surface area contributed by atoms with Gasteiger partial charge in [0.05, 0.1) is 0 Å². The summed E-state index contributed by atoms with van der Waals surface area (Å²) in [5.74, 6) is -0.227. The van der Waals surface area contributed by atoms with E-state index in [0.717, 1.165) is 0 Å². The van der Waals surface area contributed by atoms with Crippen LogP contribution in [-0.2, 0) is 0 Å². The van der Waals surface area contributed by atoms with Crippen molar-refractivity contribution < 1.29 is 10.4 Å². The second kappa shape index (κ2) is 4.07. The lowest BCUT2D eigenvalue weighted by Gasteiger charge is -2.09. The van der Waals surface area contributed by atoms with Crippen molar-refractivity contribution in [1.82, 2.24) is 16.1 Å². The molecule has 0 aliphatic rings. The lowest BCUT2D eigenvalue weighted by Crippen LogP contribution is -2.44. The molecule has 0 aromatic heterocycles. The molecule has 0 spiro atoms. The van der Waals surface area contributed by atoms with Gasteiger partial charge in [-0.1, -0.05) is 0 Å². The molecule has 0 aromatic rings. The van der Waals surface area contributed by atoms with E-state index in [1.54, 1.807) is 0 Å². The highest BCUT2D eigenvalue weighted by Crippen LogP contribution is 1.61. The van der Waals surface area contributed by atoms with Crippen molar-refractivity contribution in [2.24, 2.45) is 0 Å². The highest BCUT2D eigenvalue weighted by atomic mass is 16.8. The van der Waals surface area contributed by atoms with Crippen LogP contribution >= 0.6 is 0 Å². The number of hydrogen-bond donors (Lipinski definition) is 5. The molecule has 6 nitrogen and oxygen atoms in total. The van der Waals surface area contributed by atoms with Crippen LogP contribution in [0.5, 0.6) is 0 Å². The zero-order chi connectivity index (χ0) is 7.28. The van der Waals surface area contributed by atoms with Gasteiger partial charge < -0.3 is 5.32 Å². The van der Waals surface area contributed by atoms with Gasteiger partial charge in [-0.25, -0.2) is 5.43 Å². The molecule has 0 aromatic carbocycles. The van der Waals surface area contributed by atoms with Crippen molar-refractivity contribution in [3.63, 3.8) is 0 Å². The van der Waals surface area contributed by atoms with E-state index in [1.165, 1.54) is 0 Å². The Balaban J connectivity index is 3.27. The third-order valence-corrected chi connectivity index (χ3v) is 0.514. The summed E-state index contributed by atoms with van der Waals surface area (Å²) in [6.45, 7) is 3.66. The maximum atomic E-state index is 8.03. The molecule has 0 rings (SSSR count). The molecule has 0 bridgehead atoms. The maximum absolute atomic E-state index is 8.03. The molecule has 5 N–H and O–H groups in total.